The number of thioether (sulfide) groups is 1. The largest absolute Gasteiger partial charge is 0.369 e. The lowest BCUT2D eigenvalue weighted by atomic mass is 10.0. The smallest absolute Gasteiger partial charge is 0.277 e. The fraction of sp³-hybridized carbons (Fsp3) is 0.435. The summed E-state index contributed by atoms with van der Waals surface area (Å²) in [6.07, 6.45) is 3.69. The van der Waals surface area contributed by atoms with Gasteiger partial charge in [0.1, 0.15) is 0 Å². The van der Waals surface area contributed by atoms with Gasteiger partial charge in [0.05, 0.1) is 5.56 Å². The van der Waals surface area contributed by atoms with Crippen molar-refractivity contribution in [3.63, 3.8) is 0 Å². The molecule has 0 radical (unpaired) electrons. The van der Waals surface area contributed by atoms with Gasteiger partial charge in [-0.2, -0.15) is 11.8 Å². The van der Waals surface area contributed by atoms with E-state index in [2.05, 4.69) is 43.8 Å². The highest BCUT2D eigenvalue weighted by molar-refractivity contribution is 9.10. The van der Waals surface area contributed by atoms with Gasteiger partial charge in [0.15, 0.2) is 0 Å². The predicted molar refractivity (Wildman–Crippen MR) is 131 cm³/mol. The first kappa shape index (κ1) is 22.8. The number of aryl methyl sites for hydroxylation is 2. The normalized spacial score (nSPS) is 15.0. The molecule has 2 aromatic rings. The van der Waals surface area contributed by atoms with Gasteiger partial charge in [-0.25, -0.2) is 4.99 Å². The molecule has 5 nitrogen and oxygen atoms in total. The number of hydrogen-bond acceptors (Lipinski definition) is 4. The van der Waals surface area contributed by atoms with Gasteiger partial charge in [-0.05, 0) is 81.4 Å². The number of carbonyl (C=O) groups is 1. The first-order chi connectivity index (χ1) is 14.3. The van der Waals surface area contributed by atoms with E-state index in [9.17, 15) is 9.59 Å². The number of pyridine rings is 1. The number of anilines is 1. The number of halogens is 1. The van der Waals surface area contributed by atoms with Gasteiger partial charge in [0.2, 0.25) is 0 Å². The van der Waals surface area contributed by atoms with Gasteiger partial charge in [-0.1, -0.05) is 15.9 Å². The summed E-state index contributed by atoms with van der Waals surface area (Å²) in [5, 5.41) is 0. The number of aliphatic imine (C=N–C) groups is 1. The molecule has 1 fully saturated rings. The van der Waals surface area contributed by atoms with Crippen LogP contribution in [0.4, 0.5) is 5.69 Å². The Morgan fingerprint density at radius 2 is 1.97 bits per heavy atom. The summed E-state index contributed by atoms with van der Waals surface area (Å²) in [5.74, 6) is 2.01. The standard InChI is InChI=1S/C23H28BrN3O2S/c1-5-27(18-6-8-30-9-7-18)21-12-17(24)11-19(16(21)4)22(28)25-13-20-14(2)10-15(3)26-23(20)29/h10-13,18H,5-9H2,1-4H3,(H,26,29). The van der Waals surface area contributed by atoms with E-state index in [1.54, 1.807) is 0 Å². The lowest BCUT2D eigenvalue weighted by molar-refractivity contribution is 0.100. The molecule has 160 valence electrons. The fourth-order valence-electron chi connectivity index (χ4n) is 4.02. The molecule has 1 aliphatic heterocycles. The zero-order chi connectivity index (χ0) is 21.8. The Morgan fingerprint density at radius 3 is 2.60 bits per heavy atom. The zero-order valence-electron chi connectivity index (χ0n) is 17.9. The molecule has 1 aromatic heterocycles. The molecule has 1 amide bonds. The molecule has 1 aliphatic rings. The Labute approximate surface area is 190 Å². The van der Waals surface area contributed by atoms with E-state index in [0.29, 0.717) is 17.2 Å². The molecule has 0 unspecified atom stereocenters. The number of rotatable bonds is 5. The molecule has 1 saturated heterocycles. The maximum atomic E-state index is 13.0. The Morgan fingerprint density at radius 1 is 1.27 bits per heavy atom. The second-order valence-corrected chi connectivity index (χ2v) is 9.81. The van der Waals surface area contributed by atoms with Gasteiger partial charge < -0.3 is 9.88 Å². The van der Waals surface area contributed by atoms with E-state index in [1.165, 1.54) is 17.7 Å². The van der Waals surface area contributed by atoms with E-state index in [0.717, 1.165) is 46.4 Å². The topological polar surface area (TPSA) is 65.5 Å². The molecule has 3 rings (SSSR count). The minimum Gasteiger partial charge on any atom is -0.369 e. The summed E-state index contributed by atoms with van der Waals surface area (Å²) in [6.45, 7) is 8.71. The summed E-state index contributed by atoms with van der Waals surface area (Å²) in [4.78, 5) is 34.5. The van der Waals surface area contributed by atoms with Crippen LogP contribution in [0.5, 0.6) is 0 Å². The summed E-state index contributed by atoms with van der Waals surface area (Å²) >= 11 is 5.58. The molecule has 1 N–H and O–H groups in total. The third-order valence-electron chi connectivity index (χ3n) is 5.58. The molecule has 0 atom stereocenters. The monoisotopic (exact) mass is 489 g/mol. The van der Waals surface area contributed by atoms with Crippen LogP contribution in [0.3, 0.4) is 0 Å². The highest BCUT2D eigenvalue weighted by Crippen LogP contribution is 2.33. The molecular weight excluding hydrogens is 462 g/mol. The highest BCUT2D eigenvalue weighted by Gasteiger charge is 2.24. The molecule has 0 spiro atoms. The van der Waals surface area contributed by atoms with Crippen LogP contribution in [0, 0.1) is 20.8 Å². The summed E-state index contributed by atoms with van der Waals surface area (Å²) < 4.78 is 0.856. The lowest BCUT2D eigenvalue weighted by Crippen LogP contribution is -2.38. The zero-order valence-corrected chi connectivity index (χ0v) is 20.3. The number of aromatic amines is 1. The van der Waals surface area contributed by atoms with Crippen LogP contribution in [0.1, 0.15) is 52.5 Å². The minimum absolute atomic E-state index is 0.233. The Kier molecular flexibility index (Phi) is 7.58. The van der Waals surface area contributed by atoms with Crippen molar-refractivity contribution < 1.29 is 4.79 Å². The van der Waals surface area contributed by atoms with Crippen LogP contribution in [0.2, 0.25) is 0 Å². The average Bonchev–Trinajstić information content (AvgIpc) is 2.70. The Hall–Kier alpha value is -1.86. The number of nitrogens with one attached hydrogen (secondary N) is 1. The third-order valence-corrected chi connectivity index (χ3v) is 7.09. The number of H-pyrrole nitrogens is 1. The van der Waals surface area contributed by atoms with Crippen LogP contribution in [0.25, 0.3) is 0 Å². The van der Waals surface area contributed by atoms with Gasteiger partial charge in [0.25, 0.3) is 11.5 Å². The van der Waals surface area contributed by atoms with E-state index in [1.807, 2.05) is 44.7 Å². The number of aromatic nitrogens is 1. The van der Waals surface area contributed by atoms with Crippen molar-refractivity contribution in [2.24, 2.45) is 4.99 Å². The molecule has 1 aromatic carbocycles. The van der Waals surface area contributed by atoms with Crippen LogP contribution in [-0.2, 0) is 0 Å². The minimum atomic E-state index is -0.343. The SMILES string of the molecule is CCN(c1cc(Br)cc(C(=O)N=Cc2c(C)cc(C)[nH]c2=O)c1C)C1CCSCC1. The van der Waals surface area contributed by atoms with Crippen molar-refractivity contribution in [1.82, 2.24) is 4.98 Å². The molecule has 0 saturated carbocycles. The van der Waals surface area contributed by atoms with Crippen LogP contribution < -0.4 is 10.5 Å². The van der Waals surface area contributed by atoms with Crippen LogP contribution in [0.15, 0.2) is 32.5 Å². The quantitative estimate of drug-likeness (QED) is 0.597. The van der Waals surface area contributed by atoms with Crippen molar-refractivity contribution in [2.75, 3.05) is 23.0 Å². The first-order valence-corrected chi connectivity index (χ1v) is 12.2. The van der Waals surface area contributed by atoms with E-state index < -0.39 is 0 Å². The van der Waals surface area contributed by atoms with Gasteiger partial charge in [-0.15, -0.1) is 0 Å². The Balaban J connectivity index is 1.94. The second-order valence-electron chi connectivity index (χ2n) is 7.67. The number of amides is 1. The summed E-state index contributed by atoms with van der Waals surface area (Å²) in [6, 6.07) is 6.27. The molecule has 0 aliphatic carbocycles. The van der Waals surface area contributed by atoms with Crippen molar-refractivity contribution >= 4 is 45.5 Å². The number of carbonyl (C=O) groups excluding carboxylic acids is 1. The van der Waals surface area contributed by atoms with Crippen LogP contribution >= 0.6 is 27.7 Å². The maximum absolute atomic E-state index is 13.0. The highest BCUT2D eigenvalue weighted by atomic mass is 79.9. The number of nitrogens with zero attached hydrogens (tertiary/aromatic N) is 2. The fourth-order valence-corrected chi connectivity index (χ4v) is 5.55. The molecular formula is C23H28BrN3O2S. The van der Waals surface area contributed by atoms with Crippen LogP contribution in [-0.4, -0.2) is 41.2 Å². The summed E-state index contributed by atoms with van der Waals surface area (Å²) in [5.41, 5.74) is 4.32. The van der Waals surface area contributed by atoms with Crippen molar-refractivity contribution in [1.29, 1.82) is 0 Å². The first-order valence-electron chi connectivity index (χ1n) is 10.2. The molecule has 2 heterocycles. The molecule has 30 heavy (non-hydrogen) atoms. The van der Waals surface area contributed by atoms with E-state index in [-0.39, 0.29) is 11.5 Å². The number of hydrogen-bond donors (Lipinski definition) is 1. The Bertz CT molecular complexity index is 1030. The van der Waals surface area contributed by atoms with Gasteiger partial charge in [0, 0.05) is 40.2 Å². The van der Waals surface area contributed by atoms with Gasteiger partial charge >= 0.3 is 0 Å². The van der Waals surface area contributed by atoms with Gasteiger partial charge in [-0.3, -0.25) is 9.59 Å². The van der Waals surface area contributed by atoms with Crippen molar-refractivity contribution in [3.8, 4) is 0 Å². The van der Waals surface area contributed by atoms with E-state index >= 15 is 0 Å². The number of benzene rings is 1. The predicted octanol–water partition coefficient (Wildman–Crippen LogP) is 5.04. The second kappa shape index (κ2) is 9.96. The lowest BCUT2D eigenvalue weighted by Gasteiger charge is -2.36. The molecule has 0 bridgehead atoms. The molecule has 7 heteroatoms. The average molecular weight is 490 g/mol. The van der Waals surface area contributed by atoms with Crippen molar-refractivity contribution in [3.05, 3.63) is 61.0 Å². The van der Waals surface area contributed by atoms with E-state index in [4.69, 9.17) is 0 Å². The third kappa shape index (κ3) is 5.06. The maximum Gasteiger partial charge on any atom is 0.277 e. The van der Waals surface area contributed by atoms with Crippen molar-refractivity contribution in [2.45, 2.75) is 46.6 Å². The summed E-state index contributed by atoms with van der Waals surface area (Å²) in [7, 11) is 0.